The van der Waals surface area contributed by atoms with E-state index in [1.165, 1.54) is 0 Å². The quantitative estimate of drug-likeness (QED) is 0.791. The van der Waals surface area contributed by atoms with Gasteiger partial charge in [-0.05, 0) is 24.6 Å². The maximum Gasteiger partial charge on any atom is 0.269 e. The average Bonchev–Trinajstić information content (AvgIpc) is 2.48. The van der Waals surface area contributed by atoms with Crippen LogP contribution in [0.4, 0.5) is 0 Å². The molecule has 20 heavy (non-hydrogen) atoms. The fraction of sp³-hybridized carbons (Fsp3) is 0.333. The number of H-pyrrole nitrogens is 1. The molecule has 0 unspecified atom stereocenters. The van der Waals surface area contributed by atoms with Crippen LogP contribution in [0.2, 0.25) is 0 Å². The highest BCUT2D eigenvalue weighted by atomic mass is 16.5. The van der Waals surface area contributed by atoms with Crippen molar-refractivity contribution in [1.82, 2.24) is 10.2 Å². The lowest BCUT2D eigenvalue weighted by Crippen LogP contribution is -2.14. The number of aromatic amines is 1. The van der Waals surface area contributed by atoms with Crippen molar-refractivity contribution in [2.45, 2.75) is 26.4 Å². The van der Waals surface area contributed by atoms with Crippen molar-refractivity contribution in [3.63, 3.8) is 0 Å². The molecule has 0 spiro atoms. The van der Waals surface area contributed by atoms with Crippen LogP contribution in [-0.2, 0) is 6.61 Å². The molecule has 1 aromatic carbocycles. The minimum absolute atomic E-state index is 0.298. The Morgan fingerprint density at radius 2 is 2.20 bits per heavy atom. The van der Waals surface area contributed by atoms with Gasteiger partial charge in [0.1, 0.15) is 5.75 Å². The Labute approximate surface area is 117 Å². The second-order valence-electron chi connectivity index (χ2n) is 4.50. The Kier molecular flexibility index (Phi) is 4.90. The predicted octanol–water partition coefficient (Wildman–Crippen LogP) is 2.11. The van der Waals surface area contributed by atoms with Gasteiger partial charge in [-0.25, -0.2) is 5.10 Å². The number of nitrogens with zero attached hydrogens (tertiary/aromatic N) is 1. The summed E-state index contributed by atoms with van der Waals surface area (Å²) in [5, 5.41) is 15.5. The van der Waals surface area contributed by atoms with Crippen LogP contribution in [0.3, 0.4) is 0 Å². The first-order valence-electron chi connectivity index (χ1n) is 6.67. The third-order valence-corrected chi connectivity index (χ3v) is 2.95. The third-order valence-electron chi connectivity index (χ3n) is 2.95. The van der Waals surface area contributed by atoms with Crippen molar-refractivity contribution in [1.29, 1.82) is 0 Å². The molecule has 0 radical (unpaired) electrons. The Morgan fingerprint density at radius 3 is 2.95 bits per heavy atom. The molecule has 2 rings (SSSR count). The van der Waals surface area contributed by atoms with E-state index in [0.29, 0.717) is 17.9 Å². The van der Waals surface area contributed by atoms with E-state index in [-0.39, 0.29) is 12.2 Å². The summed E-state index contributed by atoms with van der Waals surface area (Å²) in [5.41, 5.74) is 1.37. The van der Waals surface area contributed by atoms with E-state index < -0.39 is 0 Å². The number of rotatable bonds is 6. The molecule has 0 aliphatic carbocycles. The molecule has 106 valence electrons. The van der Waals surface area contributed by atoms with E-state index in [1.54, 1.807) is 6.07 Å². The van der Waals surface area contributed by atoms with Gasteiger partial charge in [0.2, 0.25) is 0 Å². The number of hydrogen-bond donors (Lipinski definition) is 2. The summed E-state index contributed by atoms with van der Waals surface area (Å²) in [6.45, 7) is 2.48. The molecule has 0 aliphatic heterocycles. The van der Waals surface area contributed by atoms with Crippen molar-refractivity contribution in [3.8, 4) is 17.0 Å². The van der Waals surface area contributed by atoms with Crippen LogP contribution >= 0.6 is 0 Å². The van der Waals surface area contributed by atoms with Gasteiger partial charge in [-0.15, -0.1) is 0 Å². The normalized spacial score (nSPS) is 10.5. The molecule has 5 heteroatoms. The van der Waals surface area contributed by atoms with E-state index in [2.05, 4.69) is 17.1 Å². The fourth-order valence-electron chi connectivity index (χ4n) is 1.79. The number of aromatic nitrogens is 2. The van der Waals surface area contributed by atoms with Gasteiger partial charge in [0, 0.05) is 11.1 Å². The van der Waals surface area contributed by atoms with Gasteiger partial charge in [-0.2, -0.15) is 5.10 Å². The molecule has 0 aliphatic rings. The summed E-state index contributed by atoms with van der Waals surface area (Å²) in [7, 11) is 0. The minimum Gasteiger partial charge on any atom is -0.494 e. The van der Waals surface area contributed by atoms with Gasteiger partial charge in [-0.3, -0.25) is 4.79 Å². The Morgan fingerprint density at radius 1 is 1.35 bits per heavy atom. The zero-order valence-electron chi connectivity index (χ0n) is 11.4. The molecular formula is C15H18N2O3. The van der Waals surface area contributed by atoms with Crippen molar-refractivity contribution >= 4 is 0 Å². The zero-order chi connectivity index (χ0) is 14.4. The fourth-order valence-corrected chi connectivity index (χ4v) is 1.79. The third kappa shape index (κ3) is 3.45. The second-order valence-corrected chi connectivity index (χ2v) is 4.50. The number of unbranched alkanes of at least 4 members (excludes halogenated alkanes) is 1. The Hall–Kier alpha value is -2.14. The molecule has 2 N–H and O–H groups in total. The SMILES string of the molecule is CCCCOc1cccc(-c2cc(CO)c(=O)[nH]n2)c1. The number of hydrogen-bond acceptors (Lipinski definition) is 4. The minimum atomic E-state index is -0.369. The highest BCUT2D eigenvalue weighted by molar-refractivity contribution is 5.61. The predicted molar refractivity (Wildman–Crippen MR) is 76.6 cm³/mol. The van der Waals surface area contributed by atoms with Crippen molar-refractivity contribution in [3.05, 3.63) is 46.2 Å². The highest BCUT2D eigenvalue weighted by Crippen LogP contribution is 2.22. The van der Waals surface area contributed by atoms with E-state index in [1.807, 2.05) is 24.3 Å². The lowest BCUT2D eigenvalue weighted by atomic mass is 10.1. The summed E-state index contributed by atoms with van der Waals surface area (Å²) in [6, 6.07) is 9.11. The molecule has 1 heterocycles. The number of aliphatic hydroxyl groups is 1. The molecule has 0 fully saturated rings. The number of ether oxygens (including phenoxy) is 1. The van der Waals surface area contributed by atoms with Gasteiger partial charge in [0.15, 0.2) is 0 Å². The molecule has 0 saturated carbocycles. The highest BCUT2D eigenvalue weighted by Gasteiger charge is 2.05. The van der Waals surface area contributed by atoms with Gasteiger partial charge >= 0.3 is 0 Å². The number of benzene rings is 1. The first-order valence-corrected chi connectivity index (χ1v) is 6.67. The first-order chi connectivity index (χ1) is 9.74. The summed E-state index contributed by atoms with van der Waals surface area (Å²) in [4.78, 5) is 11.4. The molecule has 0 bridgehead atoms. The topological polar surface area (TPSA) is 75.2 Å². The standard InChI is InChI=1S/C15H18N2O3/c1-2-3-7-20-13-6-4-5-11(8-13)14-9-12(10-18)15(19)17-16-14/h4-6,8-9,18H,2-3,7,10H2,1H3,(H,17,19). The summed E-state index contributed by atoms with van der Waals surface area (Å²) in [6.07, 6.45) is 2.09. The van der Waals surface area contributed by atoms with Crippen molar-refractivity contribution in [2.75, 3.05) is 6.61 Å². The van der Waals surface area contributed by atoms with Crippen molar-refractivity contribution in [2.24, 2.45) is 0 Å². The largest absolute Gasteiger partial charge is 0.494 e. The van der Waals surface area contributed by atoms with Crippen LogP contribution in [-0.4, -0.2) is 21.9 Å². The summed E-state index contributed by atoms with van der Waals surface area (Å²) in [5.74, 6) is 0.773. The monoisotopic (exact) mass is 274 g/mol. The van der Waals surface area contributed by atoms with Crippen LogP contribution in [0.1, 0.15) is 25.3 Å². The number of aliphatic hydroxyl groups excluding tert-OH is 1. The molecule has 2 aromatic rings. The van der Waals surface area contributed by atoms with E-state index >= 15 is 0 Å². The average molecular weight is 274 g/mol. The Bertz CT molecular complexity index is 623. The second kappa shape index (κ2) is 6.86. The zero-order valence-corrected chi connectivity index (χ0v) is 11.4. The van der Waals surface area contributed by atoms with Gasteiger partial charge in [0.25, 0.3) is 5.56 Å². The molecule has 0 saturated heterocycles. The smallest absolute Gasteiger partial charge is 0.269 e. The first kappa shape index (κ1) is 14.3. The van der Waals surface area contributed by atoms with E-state index in [9.17, 15) is 4.79 Å². The van der Waals surface area contributed by atoms with Crippen LogP contribution in [0, 0.1) is 0 Å². The number of nitrogens with one attached hydrogen (secondary N) is 1. The van der Waals surface area contributed by atoms with Gasteiger partial charge in [0.05, 0.1) is 18.9 Å². The van der Waals surface area contributed by atoms with Crippen molar-refractivity contribution < 1.29 is 9.84 Å². The van der Waals surface area contributed by atoms with Crippen LogP contribution in [0.15, 0.2) is 35.1 Å². The molecule has 1 aromatic heterocycles. The molecule has 5 nitrogen and oxygen atoms in total. The van der Waals surface area contributed by atoms with Crippen LogP contribution in [0.25, 0.3) is 11.3 Å². The lowest BCUT2D eigenvalue weighted by molar-refractivity contribution is 0.280. The molecule has 0 atom stereocenters. The van der Waals surface area contributed by atoms with Crippen LogP contribution < -0.4 is 10.3 Å². The van der Waals surface area contributed by atoms with Gasteiger partial charge < -0.3 is 9.84 Å². The summed E-state index contributed by atoms with van der Waals surface area (Å²) >= 11 is 0. The van der Waals surface area contributed by atoms with Crippen LogP contribution in [0.5, 0.6) is 5.75 Å². The maximum absolute atomic E-state index is 11.4. The maximum atomic E-state index is 11.4. The lowest BCUT2D eigenvalue weighted by Gasteiger charge is -2.07. The molecular weight excluding hydrogens is 256 g/mol. The summed E-state index contributed by atoms with van der Waals surface area (Å²) < 4.78 is 5.64. The Balaban J connectivity index is 2.24. The van der Waals surface area contributed by atoms with Gasteiger partial charge in [-0.1, -0.05) is 25.5 Å². The van der Waals surface area contributed by atoms with E-state index in [4.69, 9.17) is 9.84 Å². The van der Waals surface area contributed by atoms with E-state index in [0.717, 1.165) is 24.2 Å². The molecule has 0 amide bonds.